The van der Waals surface area contributed by atoms with Crippen LogP contribution in [0.1, 0.15) is 12.0 Å². The van der Waals surface area contributed by atoms with Crippen molar-refractivity contribution in [1.82, 2.24) is 14.5 Å². The van der Waals surface area contributed by atoms with Crippen molar-refractivity contribution >= 4 is 23.4 Å². The number of rotatable bonds is 3. The first kappa shape index (κ1) is 12.8. The number of hydrogen-bond donors (Lipinski definition) is 1. The molecule has 1 atom stereocenters. The Labute approximate surface area is 116 Å². The van der Waals surface area contributed by atoms with Crippen molar-refractivity contribution in [2.45, 2.75) is 25.5 Å². The molecule has 0 aliphatic carbocycles. The molecule has 1 N–H and O–H groups in total. The van der Waals surface area contributed by atoms with E-state index >= 15 is 0 Å². The summed E-state index contributed by atoms with van der Waals surface area (Å²) < 4.78 is 13.8. The van der Waals surface area contributed by atoms with Crippen LogP contribution in [0.5, 0.6) is 0 Å². The van der Waals surface area contributed by atoms with Crippen LogP contribution in [0.2, 0.25) is 0 Å². The second-order valence-electron chi connectivity index (χ2n) is 5.09. The molecular weight excluding hydrogens is 262 g/mol. The van der Waals surface area contributed by atoms with E-state index in [0.717, 1.165) is 29.8 Å². The topological polar surface area (TPSA) is 52.1 Å². The monoisotopic (exact) mass is 279 g/mol. The summed E-state index contributed by atoms with van der Waals surface area (Å²) in [6, 6.07) is 2.05. The van der Waals surface area contributed by atoms with Crippen molar-refractivity contribution in [2.24, 2.45) is 0 Å². The summed E-state index contributed by atoms with van der Waals surface area (Å²) in [6.45, 7) is 4.01. The lowest BCUT2D eigenvalue weighted by atomic mass is 10.0. The molecule has 0 spiro atoms. The molecule has 2 aromatic rings. The SMILES string of the molecule is COC1(Cn2c(=S)[nH]c3cc(C)cnc32)CCOC1. The van der Waals surface area contributed by atoms with E-state index in [2.05, 4.69) is 16.0 Å². The van der Waals surface area contributed by atoms with Crippen LogP contribution in [0.3, 0.4) is 0 Å². The Hall–Kier alpha value is -1.24. The Balaban J connectivity index is 2.05. The van der Waals surface area contributed by atoms with Gasteiger partial charge in [-0.05, 0) is 30.8 Å². The molecule has 0 amide bonds. The predicted molar refractivity (Wildman–Crippen MR) is 74.8 cm³/mol. The Bertz CT molecular complexity index is 655. The molecule has 0 aromatic carbocycles. The van der Waals surface area contributed by atoms with Crippen molar-refractivity contribution in [3.63, 3.8) is 0 Å². The Morgan fingerprint density at radius 2 is 2.47 bits per heavy atom. The molecule has 3 heterocycles. The minimum Gasteiger partial charge on any atom is -0.378 e. The third-order valence-corrected chi connectivity index (χ3v) is 4.01. The van der Waals surface area contributed by atoms with Gasteiger partial charge in [-0.2, -0.15) is 0 Å². The van der Waals surface area contributed by atoms with Crippen LogP contribution in [0.25, 0.3) is 11.2 Å². The van der Waals surface area contributed by atoms with E-state index in [0.29, 0.717) is 17.9 Å². The highest BCUT2D eigenvalue weighted by Crippen LogP contribution is 2.26. The summed E-state index contributed by atoms with van der Waals surface area (Å²) in [5.74, 6) is 0. The minimum atomic E-state index is -0.292. The van der Waals surface area contributed by atoms with Crippen molar-refractivity contribution in [1.29, 1.82) is 0 Å². The Morgan fingerprint density at radius 3 is 3.16 bits per heavy atom. The summed E-state index contributed by atoms with van der Waals surface area (Å²) in [5.41, 5.74) is 2.66. The van der Waals surface area contributed by atoms with Crippen LogP contribution in [0.15, 0.2) is 12.3 Å². The molecule has 102 valence electrons. The maximum Gasteiger partial charge on any atom is 0.179 e. The average molecular weight is 279 g/mol. The highest BCUT2D eigenvalue weighted by Gasteiger charge is 2.36. The summed E-state index contributed by atoms with van der Waals surface area (Å²) >= 11 is 5.40. The number of aromatic amines is 1. The normalized spacial score (nSPS) is 23.3. The molecule has 0 saturated carbocycles. The van der Waals surface area contributed by atoms with Gasteiger partial charge in [0.15, 0.2) is 10.4 Å². The van der Waals surface area contributed by atoms with E-state index < -0.39 is 0 Å². The van der Waals surface area contributed by atoms with Gasteiger partial charge >= 0.3 is 0 Å². The molecule has 1 aliphatic rings. The molecule has 1 saturated heterocycles. The minimum absolute atomic E-state index is 0.292. The lowest BCUT2D eigenvalue weighted by Gasteiger charge is -2.26. The summed E-state index contributed by atoms with van der Waals surface area (Å²) in [4.78, 5) is 7.68. The second-order valence-corrected chi connectivity index (χ2v) is 5.48. The lowest BCUT2D eigenvalue weighted by Crippen LogP contribution is -2.37. The van der Waals surface area contributed by atoms with Crippen molar-refractivity contribution < 1.29 is 9.47 Å². The highest BCUT2D eigenvalue weighted by molar-refractivity contribution is 7.71. The largest absolute Gasteiger partial charge is 0.378 e. The first-order chi connectivity index (χ1) is 9.13. The van der Waals surface area contributed by atoms with Gasteiger partial charge in [0.25, 0.3) is 0 Å². The van der Waals surface area contributed by atoms with E-state index in [-0.39, 0.29) is 5.60 Å². The van der Waals surface area contributed by atoms with Gasteiger partial charge in [0, 0.05) is 26.3 Å². The third kappa shape index (κ3) is 2.20. The van der Waals surface area contributed by atoms with E-state index in [1.165, 1.54) is 0 Å². The van der Waals surface area contributed by atoms with Crippen molar-refractivity contribution in [3.8, 4) is 0 Å². The van der Waals surface area contributed by atoms with Gasteiger partial charge in [-0.3, -0.25) is 4.57 Å². The molecule has 5 nitrogen and oxygen atoms in total. The van der Waals surface area contributed by atoms with E-state index in [9.17, 15) is 0 Å². The van der Waals surface area contributed by atoms with Crippen LogP contribution in [-0.2, 0) is 16.0 Å². The van der Waals surface area contributed by atoms with Gasteiger partial charge < -0.3 is 14.5 Å². The van der Waals surface area contributed by atoms with Crippen LogP contribution in [0, 0.1) is 11.7 Å². The van der Waals surface area contributed by atoms with Crippen molar-refractivity contribution in [3.05, 3.63) is 22.6 Å². The first-order valence-electron chi connectivity index (χ1n) is 6.32. The van der Waals surface area contributed by atoms with Gasteiger partial charge in [0.05, 0.1) is 18.7 Å². The number of hydrogen-bond acceptors (Lipinski definition) is 4. The van der Waals surface area contributed by atoms with Crippen LogP contribution in [-0.4, -0.2) is 40.5 Å². The number of nitrogens with zero attached hydrogens (tertiary/aromatic N) is 2. The molecule has 1 aliphatic heterocycles. The third-order valence-electron chi connectivity index (χ3n) is 3.69. The van der Waals surface area contributed by atoms with E-state index in [1.807, 2.05) is 17.7 Å². The number of imidazole rings is 1. The van der Waals surface area contributed by atoms with E-state index in [4.69, 9.17) is 21.7 Å². The zero-order valence-electron chi connectivity index (χ0n) is 11.1. The number of pyridine rings is 1. The number of H-pyrrole nitrogens is 1. The standard InChI is InChI=1S/C13H17N3O2S/c1-9-5-10-11(14-6-9)16(12(19)15-10)7-13(17-2)3-4-18-8-13/h5-6H,3-4,7-8H2,1-2H3,(H,15,19). The van der Waals surface area contributed by atoms with Crippen molar-refractivity contribution in [2.75, 3.05) is 20.3 Å². The number of nitrogens with one attached hydrogen (secondary N) is 1. The van der Waals surface area contributed by atoms with Crippen LogP contribution in [0.4, 0.5) is 0 Å². The molecule has 19 heavy (non-hydrogen) atoms. The molecule has 0 bridgehead atoms. The number of ether oxygens (including phenoxy) is 2. The van der Waals surface area contributed by atoms with Gasteiger partial charge in [0.1, 0.15) is 5.60 Å². The fraction of sp³-hybridized carbons (Fsp3) is 0.538. The molecule has 1 unspecified atom stereocenters. The lowest BCUT2D eigenvalue weighted by molar-refractivity contribution is -0.0290. The smallest absolute Gasteiger partial charge is 0.179 e. The maximum absolute atomic E-state index is 5.67. The number of aromatic nitrogens is 3. The molecule has 1 fully saturated rings. The summed E-state index contributed by atoms with van der Waals surface area (Å²) in [6.07, 6.45) is 2.73. The Kier molecular flexibility index (Phi) is 3.16. The molecule has 3 rings (SSSR count). The zero-order valence-corrected chi connectivity index (χ0v) is 11.9. The zero-order chi connectivity index (χ0) is 13.5. The van der Waals surface area contributed by atoms with Gasteiger partial charge in [-0.1, -0.05) is 0 Å². The molecule has 6 heteroatoms. The van der Waals surface area contributed by atoms with Crippen LogP contribution >= 0.6 is 12.2 Å². The fourth-order valence-corrected chi connectivity index (χ4v) is 2.78. The number of aryl methyl sites for hydroxylation is 1. The Morgan fingerprint density at radius 1 is 1.63 bits per heavy atom. The van der Waals surface area contributed by atoms with E-state index in [1.54, 1.807) is 7.11 Å². The number of fused-ring (bicyclic) bond motifs is 1. The molecular formula is C13H17N3O2S. The highest BCUT2D eigenvalue weighted by atomic mass is 32.1. The quantitative estimate of drug-likeness (QED) is 0.875. The molecule has 2 aromatic heterocycles. The fourth-order valence-electron chi connectivity index (χ4n) is 2.52. The van der Waals surface area contributed by atoms with Gasteiger partial charge in [-0.25, -0.2) is 4.98 Å². The van der Waals surface area contributed by atoms with Gasteiger partial charge in [0.2, 0.25) is 0 Å². The summed E-state index contributed by atoms with van der Waals surface area (Å²) in [7, 11) is 1.73. The summed E-state index contributed by atoms with van der Waals surface area (Å²) in [5, 5.41) is 0. The number of methoxy groups -OCH3 is 1. The average Bonchev–Trinajstić information content (AvgIpc) is 2.96. The first-order valence-corrected chi connectivity index (χ1v) is 6.72. The van der Waals surface area contributed by atoms with Crippen LogP contribution < -0.4 is 0 Å². The predicted octanol–water partition coefficient (Wildman–Crippen LogP) is 2.21. The second kappa shape index (κ2) is 4.70. The van der Waals surface area contributed by atoms with Gasteiger partial charge in [-0.15, -0.1) is 0 Å². The molecule has 0 radical (unpaired) electrons. The maximum atomic E-state index is 5.67.